The second kappa shape index (κ2) is 57.5. The molecule has 0 atom stereocenters. The number of nitro groups is 1. The van der Waals surface area contributed by atoms with Crippen molar-refractivity contribution in [3.63, 3.8) is 0 Å². The van der Waals surface area contributed by atoms with Gasteiger partial charge in [-0.15, -0.1) is 11.6 Å². The predicted molar refractivity (Wildman–Crippen MR) is 512 cm³/mol. The zero-order valence-electron chi connectivity index (χ0n) is 74.7. The van der Waals surface area contributed by atoms with Crippen LogP contribution >= 0.6 is 11.6 Å². The monoisotopic (exact) mass is 1760 g/mol. The quantitative estimate of drug-likeness (QED) is 0.0116. The minimum Gasteiger partial charge on any atom is -0.493 e. The number of carbonyl (C=O) groups is 8. The summed E-state index contributed by atoms with van der Waals surface area (Å²) in [6.07, 6.45) is 3.08. The highest BCUT2D eigenvalue weighted by Gasteiger charge is 2.21. The summed E-state index contributed by atoms with van der Waals surface area (Å²) in [5, 5.41) is 43.7. The van der Waals surface area contributed by atoms with E-state index in [0.29, 0.717) is 70.6 Å². The topological polar surface area (TPSA) is 342 Å². The number of alkyl halides is 1. The van der Waals surface area contributed by atoms with E-state index in [1.165, 1.54) is 35.4 Å². The number of anilines is 5. The number of hydrogen-bond acceptors (Lipinski definition) is 15. The van der Waals surface area contributed by atoms with E-state index >= 15 is 0 Å². The van der Waals surface area contributed by atoms with Crippen molar-refractivity contribution >= 4 is 93.2 Å². The second-order valence-corrected chi connectivity index (χ2v) is 30.1. The maximum Gasteiger partial charge on any atom is 0.319 e. The molecule has 0 aromatic heterocycles. The third-order valence-corrected chi connectivity index (χ3v) is 19.1. The summed E-state index contributed by atoms with van der Waals surface area (Å²) < 4.78 is 15.7. The van der Waals surface area contributed by atoms with Gasteiger partial charge in [0.1, 0.15) is 0 Å². The Kier molecular flexibility index (Phi) is 46.1. The summed E-state index contributed by atoms with van der Waals surface area (Å²) in [4.78, 5) is 107. The van der Waals surface area contributed by atoms with E-state index in [-0.39, 0.29) is 59.8 Å². The van der Waals surface area contributed by atoms with Crippen molar-refractivity contribution in [2.24, 2.45) is 0 Å². The number of para-hydroxylation sites is 1. The number of non-ortho nitro benzene ring substituents is 1. The third-order valence-electron chi connectivity index (χ3n) is 18.9. The van der Waals surface area contributed by atoms with Gasteiger partial charge in [-0.05, 0) is 226 Å². The van der Waals surface area contributed by atoms with E-state index in [9.17, 15) is 48.5 Å². The number of morpholine rings is 1. The van der Waals surface area contributed by atoms with E-state index in [0.717, 1.165) is 133 Å². The van der Waals surface area contributed by atoms with Gasteiger partial charge < -0.3 is 72.1 Å². The number of methoxy groups -OCH3 is 2. The maximum atomic E-state index is 12.1. The normalized spacial score (nSPS) is 11.3. The van der Waals surface area contributed by atoms with Crippen molar-refractivity contribution in [2.45, 2.75) is 81.6 Å². The Morgan fingerprint density at radius 2 is 0.758 bits per heavy atom. The fourth-order valence-electron chi connectivity index (χ4n) is 11.5. The molecule has 2 fully saturated rings. The van der Waals surface area contributed by atoms with Crippen LogP contribution in [0.25, 0.3) is 0 Å². The van der Waals surface area contributed by atoms with Crippen molar-refractivity contribution < 1.29 is 62.6 Å². The van der Waals surface area contributed by atoms with E-state index in [1.807, 2.05) is 255 Å². The minimum absolute atomic E-state index is 0.00617. The van der Waals surface area contributed by atoms with Crippen molar-refractivity contribution in [1.29, 1.82) is 0 Å². The van der Waals surface area contributed by atoms with Crippen molar-refractivity contribution in [3.05, 3.63) is 355 Å². The number of benzene rings is 11. The molecule has 11 aromatic carbocycles. The van der Waals surface area contributed by atoms with Crippen LogP contribution in [-0.2, 0) is 4.74 Å². The van der Waals surface area contributed by atoms with Gasteiger partial charge in [-0.1, -0.05) is 156 Å². The van der Waals surface area contributed by atoms with Gasteiger partial charge in [0.05, 0.1) is 39.0 Å². The Morgan fingerprint density at radius 1 is 0.391 bits per heavy atom. The first-order valence-corrected chi connectivity index (χ1v) is 42.6. The van der Waals surface area contributed by atoms with Crippen LogP contribution in [-0.4, -0.2) is 166 Å². The molecule has 13 rings (SSSR count). The van der Waals surface area contributed by atoms with Crippen LogP contribution in [0.1, 0.15) is 133 Å². The molecule has 0 bridgehead atoms. The van der Waals surface area contributed by atoms with Crippen LogP contribution in [0.4, 0.5) is 43.7 Å². The van der Waals surface area contributed by atoms with E-state index in [2.05, 4.69) is 52.8 Å². The zero-order valence-corrected chi connectivity index (χ0v) is 75.4. The lowest BCUT2D eigenvalue weighted by atomic mass is 10.1. The molecule has 10 N–H and O–H groups in total. The maximum absolute atomic E-state index is 12.1. The largest absolute Gasteiger partial charge is 0.493 e. The molecule has 0 aliphatic carbocycles. The van der Waals surface area contributed by atoms with Gasteiger partial charge in [-0.3, -0.25) is 43.8 Å². The summed E-state index contributed by atoms with van der Waals surface area (Å²) in [7, 11) is 3.13. The molecule has 2 aliphatic rings. The highest BCUT2D eigenvalue weighted by molar-refractivity contribution is 6.18. The van der Waals surface area contributed by atoms with Crippen molar-refractivity contribution in [1.82, 2.24) is 31.1 Å². The molecule has 0 spiro atoms. The Hall–Kier alpha value is -14.1. The van der Waals surface area contributed by atoms with Gasteiger partial charge in [0.2, 0.25) is 0 Å². The number of nitro benzene ring substituents is 1. The number of likely N-dealkylation sites (tertiary alicyclic amines) is 1. The fourth-order valence-corrected chi connectivity index (χ4v) is 11.6. The first-order valence-electron chi connectivity index (χ1n) is 42.1. The molecule has 10 amide bonds. The number of ether oxygens (including phenoxy) is 3. The number of carbonyl (C=O) groups excluding carboxylic acids is 8. The second-order valence-electron chi connectivity index (χ2n) is 29.7. The molecular formula is C101H119ClN12O14. The Morgan fingerprint density at radius 3 is 1.13 bits per heavy atom. The molecule has 2 heterocycles. The molecule has 2 aliphatic heterocycles. The van der Waals surface area contributed by atoms with Crippen LogP contribution in [0.5, 0.6) is 11.5 Å². The molecule has 674 valence electrons. The summed E-state index contributed by atoms with van der Waals surface area (Å²) in [5.41, 5.74) is 16.7. The van der Waals surface area contributed by atoms with Crippen LogP contribution in [0, 0.1) is 65.5 Å². The Bertz CT molecular complexity index is 5170. The highest BCUT2D eigenvalue weighted by Crippen LogP contribution is 2.30. The van der Waals surface area contributed by atoms with E-state index in [1.54, 1.807) is 68.8 Å². The number of urea groups is 2. The summed E-state index contributed by atoms with van der Waals surface area (Å²) in [6, 6.07) is 80.2. The minimum atomic E-state index is -0.481. The van der Waals surface area contributed by atoms with Crippen molar-refractivity contribution in [3.8, 4) is 11.5 Å². The van der Waals surface area contributed by atoms with Crippen LogP contribution in [0.3, 0.4) is 0 Å². The molecule has 0 unspecified atom stereocenters. The van der Waals surface area contributed by atoms with Crippen LogP contribution in [0.2, 0.25) is 0 Å². The van der Waals surface area contributed by atoms with Crippen LogP contribution < -0.4 is 57.3 Å². The number of rotatable bonds is 24. The fraction of sp³-hybridized carbons (Fsp3) is 0.267. The zero-order chi connectivity index (χ0) is 93.0. The standard InChI is InChI=1S/C16H17NO3.C15H22N2O2.C14H12N2O3.C14H13NO.C11H16N2O.C11H13NO.C10H13ClN2O.C10H13NO2/c1-11-4-6-12(7-5-11)16(18)17-13-8-9-14(19-2)15(10-13)20-3;1-13-3-5-14(6-4-13)15(18)16-7-2-8-17-9-11-19-12-10-17;1-10-2-4-11(5-3-10)14(17)15-12-6-8-13(9-7-12)16(18)19;1-11-7-9-12(10-8-11)14(16)15-13-5-3-2-4-6-13;1-3-7-12-11(14)13-10-6-4-5-9(2)8-10;1-9-3-5-10(6-4-9)11(13)12-7-2-8-12;1-8-3-2-4-9(7-8)13-10(14)12-6-5-11;1-8-2-4-9(5-3-8)10(13)11-6-7-12/h4-10H,1-3H3,(H,17,18);3-6H,2,7-12H2,1H3,(H,16,18);2-9H,1H3,(H,15,17);2-10H,1H3,(H,15,16);4-6,8H,3,7H2,1-2H3,(H2,12,13,14);3-6H,2,7-8H2,1H3;2-4,7H,5-6H2,1H3,(H2,12,13,14);2-5,12H,6-7H2,1H3,(H,11,13). The lowest BCUT2D eigenvalue weighted by Gasteiger charge is -2.30. The average molecular weight is 1760 g/mol. The lowest BCUT2D eigenvalue weighted by molar-refractivity contribution is -0.384. The number of hydrogen-bond donors (Lipinski definition) is 10. The molecule has 0 saturated carbocycles. The number of aryl methyl sites for hydroxylation is 8. The molecular weight excluding hydrogens is 1640 g/mol. The Balaban J connectivity index is 0.000000227. The summed E-state index contributed by atoms with van der Waals surface area (Å²) in [6.45, 7) is 26.6. The number of aliphatic hydroxyl groups is 1. The number of nitrogens with zero attached hydrogens (tertiary/aromatic N) is 3. The van der Waals surface area contributed by atoms with Crippen molar-refractivity contribution in [2.75, 3.05) is 125 Å². The highest BCUT2D eigenvalue weighted by atomic mass is 35.5. The summed E-state index contributed by atoms with van der Waals surface area (Å²) >= 11 is 5.43. The number of amides is 10. The Labute approximate surface area is 756 Å². The van der Waals surface area contributed by atoms with E-state index in [4.69, 9.17) is 30.9 Å². The predicted octanol–water partition coefficient (Wildman–Crippen LogP) is 18.6. The van der Waals surface area contributed by atoms with Gasteiger partial charge in [-0.25, -0.2) is 9.59 Å². The van der Waals surface area contributed by atoms with Gasteiger partial charge in [0.15, 0.2) is 11.5 Å². The number of nitrogens with one attached hydrogen (secondary N) is 9. The SMILES string of the molecule is CCCNC(=O)Nc1cccc(C)c1.COc1ccc(NC(=O)c2ccc(C)cc2)cc1OC.Cc1ccc(C(=O)N2CCC2)cc1.Cc1ccc(C(=O)NCCCN2CCOCC2)cc1.Cc1ccc(C(=O)NCCO)cc1.Cc1ccc(C(=O)Nc2ccc([N+](=O)[O-])cc2)cc1.Cc1ccc(C(=O)Nc2ccccc2)cc1.Cc1cccc(NC(=O)NCCCl)c1. The number of halogens is 1. The molecule has 27 heteroatoms. The summed E-state index contributed by atoms with van der Waals surface area (Å²) in [5.74, 6) is 1.19. The van der Waals surface area contributed by atoms with Gasteiger partial charge >= 0.3 is 12.1 Å². The number of aliphatic hydroxyl groups excluding tert-OH is 1. The van der Waals surface area contributed by atoms with E-state index < -0.39 is 4.92 Å². The lowest BCUT2D eigenvalue weighted by Crippen LogP contribution is -2.41. The third kappa shape index (κ3) is 39.9. The average Bonchev–Trinajstić information content (AvgIpc) is 0.600. The van der Waals surface area contributed by atoms with Gasteiger partial charge in [0.25, 0.3) is 41.1 Å². The smallest absolute Gasteiger partial charge is 0.319 e. The van der Waals surface area contributed by atoms with Crippen LogP contribution in [0.15, 0.2) is 267 Å². The first kappa shape index (κ1) is 103. The first-order chi connectivity index (χ1) is 61.6. The molecule has 2 saturated heterocycles. The van der Waals surface area contributed by atoms with Gasteiger partial charge in [0, 0.05) is 138 Å². The van der Waals surface area contributed by atoms with Gasteiger partial charge in [-0.2, -0.15) is 0 Å². The molecule has 0 radical (unpaired) electrons. The molecule has 11 aromatic rings. The molecule has 128 heavy (non-hydrogen) atoms. The molecule has 26 nitrogen and oxygen atoms in total.